The summed E-state index contributed by atoms with van der Waals surface area (Å²) < 4.78 is 12.8. The summed E-state index contributed by atoms with van der Waals surface area (Å²) in [5, 5.41) is 9.26. The van der Waals surface area contributed by atoms with Crippen molar-refractivity contribution in [3.8, 4) is 0 Å². The summed E-state index contributed by atoms with van der Waals surface area (Å²) in [6.07, 6.45) is 3.18. The normalized spacial score (nSPS) is 12.7. The molecular weight excluding hydrogens is 231 g/mol. The zero-order valence-electron chi connectivity index (χ0n) is 11.0. The van der Waals surface area contributed by atoms with E-state index in [1.54, 1.807) is 12.1 Å². The van der Waals surface area contributed by atoms with Gasteiger partial charge in [-0.25, -0.2) is 4.39 Å². The standard InChI is InChI=1S/C15H21FO2/c1-3-11(4-2)9-13(15(17)18)10-12-5-7-14(16)8-6-12/h5-8,11,13H,3-4,9-10H2,1-2H3,(H,17,18). The van der Waals surface area contributed by atoms with Crippen molar-refractivity contribution in [1.29, 1.82) is 0 Å². The van der Waals surface area contributed by atoms with Crippen LogP contribution in [0.3, 0.4) is 0 Å². The molecule has 0 aliphatic carbocycles. The summed E-state index contributed by atoms with van der Waals surface area (Å²) >= 11 is 0. The van der Waals surface area contributed by atoms with Gasteiger partial charge in [0.05, 0.1) is 5.92 Å². The Balaban J connectivity index is 2.68. The first-order valence-electron chi connectivity index (χ1n) is 6.54. The molecule has 1 aromatic rings. The van der Waals surface area contributed by atoms with E-state index in [9.17, 15) is 14.3 Å². The van der Waals surface area contributed by atoms with E-state index in [-0.39, 0.29) is 11.7 Å². The lowest BCUT2D eigenvalue weighted by atomic mass is 9.87. The van der Waals surface area contributed by atoms with Crippen molar-refractivity contribution in [2.45, 2.75) is 39.5 Å². The van der Waals surface area contributed by atoms with Gasteiger partial charge in [-0.15, -0.1) is 0 Å². The Bertz CT molecular complexity index is 369. The number of aliphatic carboxylic acids is 1. The summed E-state index contributed by atoms with van der Waals surface area (Å²) in [4.78, 5) is 11.3. The van der Waals surface area contributed by atoms with Gasteiger partial charge in [0.1, 0.15) is 5.82 Å². The minimum Gasteiger partial charge on any atom is -0.481 e. The van der Waals surface area contributed by atoms with E-state index in [0.29, 0.717) is 18.8 Å². The summed E-state index contributed by atoms with van der Waals surface area (Å²) in [5.74, 6) is -0.969. The molecule has 2 nitrogen and oxygen atoms in total. The van der Waals surface area contributed by atoms with Gasteiger partial charge in [0.25, 0.3) is 0 Å². The van der Waals surface area contributed by atoms with Gasteiger partial charge in [0, 0.05) is 0 Å². The van der Waals surface area contributed by atoms with Crippen LogP contribution in [-0.2, 0) is 11.2 Å². The number of carbonyl (C=O) groups is 1. The van der Waals surface area contributed by atoms with Crippen LogP contribution in [-0.4, -0.2) is 11.1 Å². The number of rotatable bonds is 7. The molecule has 0 saturated carbocycles. The molecular formula is C15H21FO2. The summed E-state index contributed by atoms with van der Waals surface area (Å²) in [6, 6.07) is 6.09. The quantitative estimate of drug-likeness (QED) is 0.799. The molecule has 1 aromatic carbocycles. The van der Waals surface area contributed by atoms with Crippen molar-refractivity contribution < 1.29 is 14.3 Å². The Morgan fingerprint density at radius 2 is 1.78 bits per heavy atom. The van der Waals surface area contributed by atoms with Crippen LogP contribution in [0.15, 0.2) is 24.3 Å². The molecule has 0 radical (unpaired) electrons. The highest BCUT2D eigenvalue weighted by atomic mass is 19.1. The first kappa shape index (κ1) is 14.7. The summed E-state index contributed by atoms with van der Waals surface area (Å²) in [6.45, 7) is 4.18. The molecule has 0 spiro atoms. The smallest absolute Gasteiger partial charge is 0.306 e. The molecule has 0 saturated heterocycles. The monoisotopic (exact) mass is 252 g/mol. The van der Waals surface area contributed by atoms with Crippen LogP contribution in [0.1, 0.15) is 38.7 Å². The minimum atomic E-state index is -0.758. The summed E-state index contributed by atoms with van der Waals surface area (Å²) in [7, 11) is 0. The van der Waals surface area contributed by atoms with E-state index in [0.717, 1.165) is 18.4 Å². The molecule has 0 aromatic heterocycles. The molecule has 0 fully saturated rings. The van der Waals surface area contributed by atoms with Crippen molar-refractivity contribution in [1.82, 2.24) is 0 Å². The minimum absolute atomic E-state index is 0.286. The van der Waals surface area contributed by atoms with Gasteiger partial charge in [-0.2, -0.15) is 0 Å². The molecule has 18 heavy (non-hydrogen) atoms. The molecule has 0 aliphatic heterocycles. The molecule has 1 N–H and O–H groups in total. The van der Waals surface area contributed by atoms with E-state index >= 15 is 0 Å². The highest BCUT2D eigenvalue weighted by Gasteiger charge is 2.21. The van der Waals surface area contributed by atoms with Gasteiger partial charge in [-0.1, -0.05) is 38.8 Å². The molecule has 0 bridgehead atoms. The maximum Gasteiger partial charge on any atom is 0.306 e. The number of benzene rings is 1. The van der Waals surface area contributed by atoms with Gasteiger partial charge >= 0.3 is 5.97 Å². The molecule has 3 heteroatoms. The molecule has 0 amide bonds. The van der Waals surface area contributed by atoms with Gasteiger partial charge in [-0.05, 0) is 36.5 Å². The van der Waals surface area contributed by atoms with E-state index < -0.39 is 5.97 Å². The number of carboxylic acids is 1. The highest BCUT2D eigenvalue weighted by molar-refractivity contribution is 5.70. The first-order valence-corrected chi connectivity index (χ1v) is 6.54. The fourth-order valence-corrected chi connectivity index (χ4v) is 2.20. The largest absolute Gasteiger partial charge is 0.481 e. The van der Waals surface area contributed by atoms with Crippen molar-refractivity contribution >= 4 is 5.97 Å². The molecule has 100 valence electrons. The second kappa shape index (κ2) is 7.14. The summed E-state index contributed by atoms with van der Waals surface area (Å²) in [5.41, 5.74) is 0.884. The van der Waals surface area contributed by atoms with Crippen LogP contribution < -0.4 is 0 Å². The predicted molar refractivity (Wildman–Crippen MR) is 69.9 cm³/mol. The van der Waals surface area contributed by atoms with Gasteiger partial charge in [0.15, 0.2) is 0 Å². The molecule has 0 aliphatic rings. The maximum absolute atomic E-state index is 12.8. The Kier molecular flexibility index (Phi) is 5.83. The van der Waals surface area contributed by atoms with E-state index in [1.165, 1.54) is 12.1 Å². The highest BCUT2D eigenvalue weighted by Crippen LogP contribution is 2.22. The van der Waals surface area contributed by atoms with Crippen molar-refractivity contribution in [2.75, 3.05) is 0 Å². The molecule has 1 rings (SSSR count). The third kappa shape index (κ3) is 4.47. The molecule has 1 atom stereocenters. The van der Waals surface area contributed by atoms with Crippen molar-refractivity contribution in [2.24, 2.45) is 11.8 Å². The lowest BCUT2D eigenvalue weighted by molar-refractivity contribution is -0.142. The fraction of sp³-hybridized carbons (Fsp3) is 0.533. The Labute approximate surface area is 108 Å². The van der Waals surface area contributed by atoms with Crippen molar-refractivity contribution in [3.05, 3.63) is 35.6 Å². The Morgan fingerprint density at radius 1 is 1.22 bits per heavy atom. The Hall–Kier alpha value is -1.38. The molecule has 1 unspecified atom stereocenters. The van der Waals surface area contributed by atoms with Crippen molar-refractivity contribution in [3.63, 3.8) is 0 Å². The predicted octanol–water partition coefficient (Wildman–Crippen LogP) is 3.90. The lowest BCUT2D eigenvalue weighted by Gasteiger charge is -2.18. The average Bonchev–Trinajstić information content (AvgIpc) is 2.36. The second-order valence-electron chi connectivity index (χ2n) is 4.78. The number of halogens is 1. The fourth-order valence-electron chi connectivity index (χ4n) is 2.20. The van der Waals surface area contributed by atoms with Gasteiger partial charge in [0.2, 0.25) is 0 Å². The zero-order chi connectivity index (χ0) is 13.5. The van der Waals surface area contributed by atoms with Crippen LogP contribution in [0, 0.1) is 17.7 Å². The van der Waals surface area contributed by atoms with E-state index in [4.69, 9.17) is 0 Å². The lowest BCUT2D eigenvalue weighted by Crippen LogP contribution is -2.20. The Morgan fingerprint density at radius 3 is 2.22 bits per heavy atom. The zero-order valence-corrected chi connectivity index (χ0v) is 11.0. The van der Waals surface area contributed by atoms with Gasteiger partial charge in [-0.3, -0.25) is 4.79 Å². The number of hydrogen-bond acceptors (Lipinski definition) is 1. The first-order chi connectivity index (χ1) is 8.56. The van der Waals surface area contributed by atoms with Crippen LogP contribution in [0.4, 0.5) is 4.39 Å². The third-order valence-electron chi connectivity index (χ3n) is 3.52. The van der Waals surface area contributed by atoms with E-state index in [2.05, 4.69) is 13.8 Å². The van der Waals surface area contributed by atoms with E-state index in [1.807, 2.05) is 0 Å². The number of hydrogen-bond donors (Lipinski definition) is 1. The molecule has 0 heterocycles. The maximum atomic E-state index is 12.8. The van der Waals surface area contributed by atoms with Crippen LogP contribution in [0.2, 0.25) is 0 Å². The van der Waals surface area contributed by atoms with Crippen LogP contribution in [0.5, 0.6) is 0 Å². The van der Waals surface area contributed by atoms with Crippen LogP contribution >= 0.6 is 0 Å². The SMILES string of the molecule is CCC(CC)CC(Cc1ccc(F)cc1)C(=O)O. The van der Waals surface area contributed by atoms with Crippen LogP contribution in [0.25, 0.3) is 0 Å². The third-order valence-corrected chi connectivity index (χ3v) is 3.52. The number of carboxylic acid groups (broad SMARTS) is 1. The van der Waals surface area contributed by atoms with Gasteiger partial charge < -0.3 is 5.11 Å². The average molecular weight is 252 g/mol. The topological polar surface area (TPSA) is 37.3 Å². The second-order valence-corrected chi connectivity index (χ2v) is 4.78.